The van der Waals surface area contributed by atoms with Crippen LogP contribution in [-0.2, 0) is 24.4 Å². The minimum absolute atomic E-state index is 0.0725. The number of hydrogen-bond donors (Lipinski definition) is 3. The summed E-state index contributed by atoms with van der Waals surface area (Å²) in [5.74, 6) is -1.50. The van der Waals surface area contributed by atoms with Gasteiger partial charge in [0.25, 0.3) is 16.0 Å². The van der Waals surface area contributed by atoms with Gasteiger partial charge in [0.1, 0.15) is 5.75 Å². The van der Waals surface area contributed by atoms with E-state index in [1.54, 1.807) is 60.4 Å². The van der Waals surface area contributed by atoms with Crippen LogP contribution in [0.3, 0.4) is 0 Å². The SMILES string of the molecule is CS(=O)(=O)O.C[C@H](C(=O)OCC(=O)N1CCCC1)c1ccc(OC(=O)c2ccc(N=C(N)N)cc2)cc1. The lowest BCUT2D eigenvalue weighted by molar-refractivity contribution is -0.152. The van der Waals surface area contributed by atoms with E-state index in [1.807, 2.05) is 0 Å². The highest BCUT2D eigenvalue weighted by Gasteiger charge is 2.22. The smallest absolute Gasteiger partial charge is 0.343 e. The Labute approximate surface area is 215 Å². The van der Waals surface area contributed by atoms with E-state index in [9.17, 15) is 22.8 Å². The highest BCUT2D eigenvalue weighted by Crippen LogP contribution is 2.22. The third kappa shape index (κ3) is 10.7. The lowest BCUT2D eigenvalue weighted by Crippen LogP contribution is -2.32. The third-order valence-corrected chi connectivity index (χ3v) is 5.10. The molecular formula is C24H30N4O8S. The zero-order chi connectivity index (χ0) is 27.6. The second-order valence-electron chi connectivity index (χ2n) is 8.19. The molecule has 1 saturated heterocycles. The second-order valence-corrected chi connectivity index (χ2v) is 9.66. The standard InChI is InChI=1S/C23H26N4O5.CH4O3S/c1-15(21(29)31-14-20(28)27-12-2-3-13-27)16-6-10-19(11-7-16)32-22(30)17-4-8-18(9-5-17)26-23(24)25;1-5(2,3)4/h4-11,15H,2-3,12-14H2,1H3,(H4,24,25,26);1H3,(H,2,3,4)/t15-;/m0./s1. The van der Waals surface area contributed by atoms with Crippen molar-refractivity contribution in [3.05, 3.63) is 59.7 Å². The van der Waals surface area contributed by atoms with E-state index in [2.05, 4.69) is 4.99 Å². The molecule has 0 unspecified atom stereocenters. The van der Waals surface area contributed by atoms with E-state index in [4.69, 9.17) is 25.5 Å². The quantitative estimate of drug-likeness (QED) is 0.154. The van der Waals surface area contributed by atoms with Crippen LogP contribution >= 0.6 is 0 Å². The van der Waals surface area contributed by atoms with Crippen LogP contribution in [0.2, 0.25) is 0 Å². The van der Waals surface area contributed by atoms with Crippen LogP contribution in [0.5, 0.6) is 5.75 Å². The number of ether oxygens (including phenoxy) is 2. The Kier molecular flexibility index (Phi) is 10.6. The number of guanidine groups is 1. The molecule has 200 valence electrons. The van der Waals surface area contributed by atoms with Crippen molar-refractivity contribution in [1.82, 2.24) is 4.90 Å². The molecule has 2 aromatic carbocycles. The first kappa shape index (κ1) is 29.3. The fourth-order valence-electron chi connectivity index (χ4n) is 3.26. The summed E-state index contributed by atoms with van der Waals surface area (Å²) in [7, 11) is -3.67. The molecule has 3 rings (SSSR count). The average molecular weight is 535 g/mol. The van der Waals surface area contributed by atoms with Crippen molar-refractivity contribution < 1.29 is 36.8 Å². The molecule has 12 nitrogen and oxygen atoms in total. The summed E-state index contributed by atoms with van der Waals surface area (Å²) in [5.41, 5.74) is 12.2. The molecule has 2 aromatic rings. The van der Waals surface area contributed by atoms with Crippen LogP contribution in [0.15, 0.2) is 53.5 Å². The summed E-state index contributed by atoms with van der Waals surface area (Å²) in [6, 6.07) is 12.9. The number of carbonyl (C=O) groups is 3. The number of carbonyl (C=O) groups excluding carboxylic acids is 3. The predicted octanol–water partition coefficient (Wildman–Crippen LogP) is 1.58. The maximum atomic E-state index is 12.3. The number of likely N-dealkylation sites (tertiary alicyclic amines) is 1. The Morgan fingerprint density at radius 1 is 1.03 bits per heavy atom. The Morgan fingerprint density at radius 2 is 1.57 bits per heavy atom. The first-order valence-electron chi connectivity index (χ1n) is 11.2. The Hall–Kier alpha value is -3.97. The lowest BCUT2D eigenvalue weighted by Gasteiger charge is -2.16. The van der Waals surface area contributed by atoms with Crippen molar-refractivity contribution >= 4 is 39.6 Å². The molecule has 0 bridgehead atoms. The minimum Gasteiger partial charge on any atom is -0.455 e. The summed E-state index contributed by atoms with van der Waals surface area (Å²) < 4.78 is 36.4. The fourth-order valence-corrected chi connectivity index (χ4v) is 3.26. The molecule has 5 N–H and O–H groups in total. The topological polar surface area (TPSA) is 192 Å². The normalized spacial score (nSPS) is 13.5. The molecule has 0 aliphatic carbocycles. The molecule has 0 spiro atoms. The monoisotopic (exact) mass is 534 g/mol. The van der Waals surface area contributed by atoms with Gasteiger partial charge in [-0.15, -0.1) is 0 Å². The largest absolute Gasteiger partial charge is 0.455 e. The van der Waals surface area contributed by atoms with Crippen LogP contribution in [0, 0.1) is 0 Å². The molecular weight excluding hydrogens is 504 g/mol. The number of nitrogens with zero attached hydrogens (tertiary/aromatic N) is 2. The number of hydrogen-bond acceptors (Lipinski definition) is 8. The molecule has 1 fully saturated rings. The van der Waals surface area contributed by atoms with Gasteiger partial charge in [-0.25, -0.2) is 9.79 Å². The maximum absolute atomic E-state index is 12.3. The van der Waals surface area contributed by atoms with Gasteiger partial charge in [0, 0.05) is 13.1 Å². The van der Waals surface area contributed by atoms with Crippen molar-refractivity contribution in [2.24, 2.45) is 16.5 Å². The van der Waals surface area contributed by atoms with Gasteiger partial charge < -0.3 is 25.8 Å². The predicted molar refractivity (Wildman–Crippen MR) is 136 cm³/mol. The van der Waals surface area contributed by atoms with Crippen LogP contribution in [0.1, 0.15) is 41.6 Å². The summed E-state index contributed by atoms with van der Waals surface area (Å²) >= 11 is 0. The highest BCUT2D eigenvalue weighted by atomic mass is 32.2. The Morgan fingerprint density at radius 3 is 2.08 bits per heavy atom. The van der Waals surface area contributed by atoms with E-state index in [-0.39, 0.29) is 18.5 Å². The third-order valence-electron chi connectivity index (χ3n) is 5.10. The average Bonchev–Trinajstić information content (AvgIpc) is 3.36. The number of aliphatic imine (C=N–C) groups is 1. The summed E-state index contributed by atoms with van der Waals surface area (Å²) in [6.07, 6.45) is 2.68. The van der Waals surface area contributed by atoms with E-state index in [0.29, 0.717) is 41.9 Å². The van der Waals surface area contributed by atoms with Crippen molar-refractivity contribution in [2.45, 2.75) is 25.7 Å². The van der Waals surface area contributed by atoms with Crippen molar-refractivity contribution in [1.29, 1.82) is 0 Å². The summed E-state index contributed by atoms with van der Waals surface area (Å²) in [6.45, 7) is 2.88. The number of nitrogens with two attached hydrogens (primary N) is 2. The van der Waals surface area contributed by atoms with Crippen LogP contribution in [-0.4, -0.2) is 67.6 Å². The molecule has 0 aromatic heterocycles. The molecule has 0 saturated carbocycles. The molecule has 1 aliphatic heterocycles. The number of esters is 2. The molecule has 37 heavy (non-hydrogen) atoms. The zero-order valence-electron chi connectivity index (χ0n) is 20.5. The highest BCUT2D eigenvalue weighted by molar-refractivity contribution is 7.85. The number of rotatable bonds is 7. The van der Waals surface area contributed by atoms with Gasteiger partial charge in [-0.05, 0) is 61.7 Å². The van der Waals surface area contributed by atoms with Gasteiger partial charge in [-0.2, -0.15) is 8.42 Å². The van der Waals surface area contributed by atoms with Gasteiger partial charge in [0.2, 0.25) is 0 Å². The Bertz CT molecular complexity index is 1210. The first-order valence-corrected chi connectivity index (χ1v) is 13.1. The summed E-state index contributed by atoms with van der Waals surface area (Å²) in [4.78, 5) is 42.2. The molecule has 1 aliphatic rings. The van der Waals surface area contributed by atoms with E-state index < -0.39 is 28.0 Å². The van der Waals surface area contributed by atoms with Gasteiger partial charge in [0.15, 0.2) is 12.6 Å². The molecule has 0 radical (unpaired) electrons. The number of benzene rings is 2. The second kappa shape index (κ2) is 13.4. The van der Waals surface area contributed by atoms with Gasteiger partial charge >= 0.3 is 11.9 Å². The van der Waals surface area contributed by atoms with Crippen LogP contribution < -0.4 is 16.2 Å². The zero-order valence-corrected chi connectivity index (χ0v) is 21.3. The molecule has 1 amide bonds. The van der Waals surface area contributed by atoms with E-state index >= 15 is 0 Å². The molecule has 13 heteroatoms. The first-order chi connectivity index (χ1) is 17.3. The molecule has 1 heterocycles. The van der Waals surface area contributed by atoms with Crippen molar-refractivity contribution in [2.75, 3.05) is 26.0 Å². The van der Waals surface area contributed by atoms with Crippen LogP contribution in [0.25, 0.3) is 0 Å². The van der Waals surface area contributed by atoms with Crippen molar-refractivity contribution in [3.8, 4) is 5.75 Å². The van der Waals surface area contributed by atoms with Crippen LogP contribution in [0.4, 0.5) is 5.69 Å². The van der Waals surface area contributed by atoms with E-state index in [0.717, 1.165) is 12.8 Å². The van der Waals surface area contributed by atoms with Gasteiger partial charge in [-0.1, -0.05) is 12.1 Å². The number of amides is 1. The van der Waals surface area contributed by atoms with E-state index in [1.165, 1.54) is 0 Å². The lowest BCUT2D eigenvalue weighted by atomic mass is 10.0. The van der Waals surface area contributed by atoms with Gasteiger partial charge in [-0.3, -0.25) is 14.1 Å². The summed E-state index contributed by atoms with van der Waals surface area (Å²) in [5, 5.41) is 0. The maximum Gasteiger partial charge on any atom is 0.343 e. The van der Waals surface area contributed by atoms with Crippen molar-refractivity contribution in [3.63, 3.8) is 0 Å². The van der Waals surface area contributed by atoms with Gasteiger partial charge in [0.05, 0.1) is 23.4 Å². The molecule has 1 atom stereocenters. The fraction of sp³-hybridized carbons (Fsp3) is 0.333. The Balaban J connectivity index is 0.000000877. The minimum atomic E-state index is -3.67.